The Labute approximate surface area is 157 Å². The van der Waals surface area contributed by atoms with E-state index in [0.717, 1.165) is 12.1 Å². The van der Waals surface area contributed by atoms with Crippen LogP contribution in [0.25, 0.3) is 0 Å². The van der Waals surface area contributed by atoms with Crippen LogP contribution in [0.3, 0.4) is 0 Å². The first-order valence-corrected chi connectivity index (χ1v) is 8.08. The number of nitrogens with zero attached hydrogens (tertiary/aromatic N) is 4. The van der Waals surface area contributed by atoms with E-state index >= 15 is 0 Å². The van der Waals surface area contributed by atoms with Crippen molar-refractivity contribution in [1.29, 1.82) is 0 Å². The van der Waals surface area contributed by atoms with Gasteiger partial charge in [-0.15, -0.1) is 0 Å². The minimum absolute atomic E-state index is 0.0155. The molecule has 2 heterocycles. The van der Waals surface area contributed by atoms with E-state index in [4.69, 9.17) is 9.15 Å². The molecule has 0 atom stereocenters. The summed E-state index contributed by atoms with van der Waals surface area (Å²) < 4.78 is 48.6. The molecular weight excluding hydrogens is 377 g/mol. The zero-order valence-corrected chi connectivity index (χ0v) is 14.7. The molecule has 146 valence electrons. The van der Waals surface area contributed by atoms with Gasteiger partial charge in [-0.2, -0.15) is 13.2 Å². The van der Waals surface area contributed by atoms with Crippen LogP contribution in [0.4, 0.5) is 13.2 Å². The van der Waals surface area contributed by atoms with Crippen molar-refractivity contribution in [2.45, 2.75) is 19.3 Å². The van der Waals surface area contributed by atoms with Crippen molar-refractivity contribution in [3.05, 3.63) is 72.0 Å². The molecule has 0 aliphatic heterocycles. The van der Waals surface area contributed by atoms with Gasteiger partial charge in [0.15, 0.2) is 12.3 Å². The smallest absolute Gasteiger partial charge is 0.416 e. The summed E-state index contributed by atoms with van der Waals surface area (Å²) in [6.07, 6.45) is -0.341. The average Bonchev–Trinajstić information content (AvgIpc) is 3.15. The van der Waals surface area contributed by atoms with Crippen LogP contribution in [0, 0.1) is 0 Å². The van der Waals surface area contributed by atoms with Crippen LogP contribution < -0.4 is 4.74 Å². The highest BCUT2D eigenvalue weighted by molar-refractivity contribution is 5.91. The molecule has 3 rings (SSSR count). The van der Waals surface area contributed by atoms with E-state index in [0.29, 0.717) is 5.69 Å². The second-order valence-corrected chi connectivity index (χ2v) is 5.80. The minimum Gasteiger partial charge on any atom is -0.484 e. The molecule has 7 nitrogen and oxygen atoms in total. The molecule has 3 aromatic rings. The second-order valence-electron chi connectivity index (χ2n) is 5.80. The van der Waals surface area contributed by atoms with Crippen LogP contribution in [-0.4, -0.2) is 32.8 Å². The topological polar surface area (TPSA) is 81.4 Å². The van der Waals surface area contributed by atoms with Gasteiger partial charge in [0, 0.05) is 13.2 Å². The first-order chi connectivity index (χ1) is 13.3. The van der Waals surface area contributed by atoms with Gasteiger partial charge < -0.3 is 14.1 Å². The number of amides is 1. The van der Waals surface area contributed by atoms with Gasteiger partial charge in [-0.1, -0.05) is 6.07 Å². The summed E-state index contributed by atoms with van der Waals surface area (Å²) in [6.45, 7) is 0.0362. The molecule has 0 fully saturated rings. The van der Waals surface area contributed by atoms with E-state index in [-0.39, 0.29) is 30.5 Å². The van der Waals surface area contributed by atoms with Crippen LogP contribution in [0.2, 0.25) is 0 Å². The van der Waals surface area contributed by atoms with Crippen molar-refractivity contribution < 1.29 is 27.1 Å². The number of halogens is 3. The predicted molar refractivity (Wildman–Crippen MR) is 90.1 cm³/mol. The fourth-order valence-corrected chi connectivity index (χ4v) is 2.30. The Bertz CT molecular complexity index is 945. The highest BCUT2D eigenvalue weighted by Crippen LogP contribution is 2.31. The van der Waals surface area contributed by atoms with Crippen LogP contribution in [0.15, 0.2) is 53.5 Å². The molecule has 1 aromatic carbocycles. The van der Waals surface area contributed by atoms with E-state index in [9.17, 15) is 18.0 Å². The molecule has 1 amide bonds. The zero-order chi connectivity index (χ0) is 20.1. The molecule has 2 aromatic heterocycles. The van der Waals surface area contributed by atoms with Gasteiger partial charge in [0.2, 0.25) is 5.89 Å². The maximum atomic E-state index is 12.7. The van der Waals surface area contributed by atoms with Gasteiger partial charge in [-0.25, -0.2) is 15.0 Å². The molecule has 0 saturated carbocycles. The number of oxazole rings is 1. The van der Waals surface area contributed by atoms with Crippen molar-refractivity contribution in [2.24, 2.45) is 0 Å². The highest BCUT2D eigenvalue weighted by atomic mass is 19.4. The molecule has 28 heavy (non-hydrogen) atoms. The van der Waals surface area contributed by atoms with Crippen LogP contribution >= 0.6 is 0 Å². The van der Waals surface area contributed by atoms with Gasteiger partial charge in [-0.3, -0.25) is 4.79 Å². The number of rotatable bonds is 6. The summed E-state index contributed by atoms with van der Waals surface area (Å²) in [6, 6.07) is 6.14. The van der Waals surface area contributed by atoms with Gasteiger partial charge in [0.25, 0.3) is 5.91 Å². The number of aromatic nitrogens is 3. The number of alkyl halides is 3. The lowest BCUT2D eigenvalue weighted by molar-refractivity contribution is -0.137. The van der Waals surface area contributed by atoms with Gasteiger partial charge in [0.1, 0.15) is 18.3 Å². The van der Waals surface area contributed by atoms with E-state index in [1.807, 2.05) is 0 Å². The van der Waals surface area contributed by atoms with Crippen molar-refractivity contribution in [1.82, 2.24) is 19.9 Å². The lowest BCUT2D eigenvalue weighted by atomic mass is 10.2. The Morgan fingerprint density at radius 2 is 2.11 bits per heavy atom. The third kappa shape index (κ3) is 4.84. The summed E-state index contributed by atoms with van der Waals surface area (Å²) in [4.78, 5) is 25.7. The van der Waals surface area contributed by atoms with Crippen molar-refractivity contribution in [3.8, 4) is 5.75 Å². The molecule has 0 aliphatic carbocycles. The van der Waals surface area contributed by atoms with Crippen molar-refractivity contribution >= 4 is 5.91 Å². The largest absolute Gasteiger partial charge is 0.484 e. The Hall–Kier alpha value is -3.43. The molecule has 0 unspecified atom stereocenters. The SMILES string of the molecule is CN(Cc1ccncn1)C(=O)c1coc(COc2cccc(C(F)(F)F)c2)n1. The van der Waals surface area contributed by atoms with Crippen molar-refractivity contribution in [3.63, 3.8) is 0 Å². The molecular formula is C18H15F3N4O3. The molecule has 10 heteroatoms. The number of benzene rings is 1. The number of ether oxygens (including phenoxy) is 1. The van der Waals surface area contributed by atoms with Gasteiger partial charge in [0.05, 0.1) is 17.8 Å². The molecule has 0 aliphatic rings. The summed E-state index contributed by atoms with van der Waals surface area (Å²) in [5.74, 6) is -0.314. The molecule has 0 spiro atoms. The molecule has 0 saturated heterocycles. The normalized spacial score (nSPS) is 11.3. The quantitative estimate of drug-likeness (QED) is 0.640. The number of carbonyl (C=O) groups is 1. The number of carbonyl (C=O) groups excluding carboxylic acids is 1. The Kier molecular flexibility index (Phi) is 5.57. The zero-order valence-electron chi connectivity index (χ0n) is 14.7. The first kappa shape index (κ1) is 19.3. The highest BCUT2D eigenvalue weighted by Gasteiger charge is 2.30. The number of hydrogen-bond acceptors (Lipinski definition) is 6. The van der Waals surface area contributed by atoms with E-state index < -0.39 is 17.6 Å². The summed E-state index contributed by atoms with van der Waals surface area (Å²) >= 11 is 0. The Morgan fingerprint density at radius 3 is 2.82 bits per heavy atom. The first-order valence-electron chi connectivity index (χ1n) is 8.08. The van der Waals surface area contributed by atoms with Crippen LogP contribution in [-0.2, 0) is 19.3 Å². The standard InChI is InChI=1S/C18H15F3N4O3/c1-25(8-13-5-6-22-11-23-13)17(26)15-9-28-16(24-15)10-27-14-4-2-3-12(7-14)18(19,20)21/h2-7,9,11H,8,10H2,1H3. The van der Waals surface area contributed by atoms with Crippen LogP contribution in [0.5, 0.6) is 5.75 Å². The maximum absolute atomic E-state index is 12.7. The fourth-order valence-electron chi connectivity index (χ4n) is 2.30. The van der Waals surface area contributed by atoms with Crippen molar-refractivity contribution in [2.75, 3.05) is 7.05 Å². The summed E-state index contributed by atoms with van der Waals surface area (Å²) in [5.41, 5.74) is -0.110. The van der Waals surface area contributed by atoms with Gasteiger partial charge >= 0.3 is 6.18 Å². The lowest BCUT2D eigenvalue weighted by Gasteiger charge is -2.14. The Balaban J connectivity index is 1.60. The fraction of sp³-hybridized carbons (Fsp3) is 0.222. The van der Waals surface area contributed by atoms with Gasteiger partial charge in [-0.05, 0) is 24.3 Å². The number of hydrogen-bond donors (Lipinski definition) is 0. The van der Waals surface area contributed by atoms with Crippen LogP contribution in [0.1, 0.15) is 27.6 Å². The minimum atomic E-state index is -4.46. The third-order valence-electron chi connectivity index (χ3n) is 3.68. The molecule has 0 bridgehead atoms. The van der Waals surface area contributed by atoms with E-state index in [2.05, 4.69) is 15.0 Å². The Morgan fingerprint density at radius 1 is 1.29 bits per heavy atom. The molecule has 0 N–H and O–H groups in total. The lowest BCUT2D eigenvalue weighted by Crippen LogP contribution is -2.27. The predicted octanol–water partition coefficient (Wildman–Crippen LogP) is 3.33. The van der Waals surface area contributed by atoms with E-state index in [1.165, 1.54) is 29.6 Å². The monoisotopic (exact) mass is 392 g/mol. The summed E-state index contributed by atoms with van der Waals surface area (Å²) in [5, 5.41) is 0. The van der Waals surface area contributed by atoms with E-state index in [1.54, 1.807) is 19.3 Å². The third-order valence-corrected chi connectivity index (χ3v) is 3.68. The molecule has 0 radical (unpaired) electrons. The maximum Gasteiger partial charge on any atom is 0.416 e. The summed E-state index contributed by atoms with van der Waals surface area (Å²) in [7, 11) is 1.58. The second kappa shape index (κ2) is 8.07. The average molecular weight is 392 g/mol.